The number of nitrogens with zero attached hydrogens (tertiary/aromatic N) is 2. The van der Waals surface area contributed by atoms with Crippen LogP contribution in [0.1, 0.15) is 17.3 Å². The lowest BCUT2D eigenvalue weighted by Crippen LogP contribution is -2.13. The van der Waals surface area contributed by atoms with Crippen LogP contribution in [0.5, 0.6) is 0 Å². The largest absolute Gasteiger partial charge is 0.338 e. The van der Waals surface area contributed by atoms with Gasteiger partial charge in [0.2, 0.25) is 5.89 Å². The summed E-state index contributed by atoms with van der Waals surface area (Å²) in [4.78, 5) is 4.24. The quantitative estimate of drug-likeness (QED) is 0.681. The van der Waals surface area contributed by atoms with E-state index in [1.54, 1.807) is 12.1 Å². The van der Waals surface area contributed by atoms with Crippen LogP contribution in [0.25, 0.3) is 0 Å². The first-order valence-electron chi connectivity index (χ1n) is 5.58. The molecular weight excluding hydrogens is 285 g/mol. The highest BCUT2D eigenvalue weighted by Gasteiger charge is 2.07. The van der Waals surface area contributed by atoms with Crippen molar-refractivity contribution in [3.8, 4) is 12.3 Å². The standard InChI is InChI=1S/C13H11Cl2N3O/c1-2-5-16-8-13-17-12(18-19-13)7-9-3-4-10(14)11(15)6-9/h1,3-4,6,16H,5,7-8H2. The molecule has 0 fully saturated rings. The minimum atomic E-state index is 0.457. The Kier molecular flexibility index (Phi) is 4.80. The summed E-state index contributed by atoms with van der Waals surface area (Å²) in [7, 11) is 0. The van der Waals surface area contributed by atoms with Crippen LogP contribution in [0, 0.1) is 12.3 Å². The van der Waals surface area contributed by atoms with Gasteiger partial charge in [-0.25, -0.2) is 0 Å². The third-order valence-corrected chi connectivity index (χ3v) is 3.10. The van der Waals surface area contributed by atoms with Crippen LogP contribution in [-0.4, -0.2) is 16.7 Å². The second-order valence-electron chi connectivity index (χ2n) is 3.84. The van der Waals surface area contributed by atoms with Gasteiger partial charge in [-0.2, -0.15) is 4.98 Å². The minimum absolute atomic E-state index is 0.457. The maximum atomic E-state index is 5.94. The molecule has 19 heavy (non-hydrogen) atoms. The maximum absolute atomic E-state index is 5.94. The molecule has 0 unspecified atom stereocenters. The zero-order chi connectivity index (χ0) is 13.7. The van der Waals surface area contributed by atoms with Crippen LogP contribution in [0.15, 0.2) is 22.7 Å². The molecule has 0 aliphatic rings. The normalized spacial score (nSPS) is 10.4. The van der Waals surface area contributed by atoms with Gasteiger partial charge < -0.3 is 4.52 Å². The molecule has 0 spiro atoms. The lowest BCUT2D eigenvalue weighted by Gasteiger charge is -1.99. The molecule has 0 atom stereocenters. The van der Waals surface area contributed by atoms with E-state index in [1.807, 2.05) is 6.07 Å². The Morgan fingerprint density at radius 3 is 2.89 bits per heavy atom. The van der Waals surface area contributed by atoms with Gasteiger partial charge in [0.05, 0.1) is 23.1 Å². The molecule has 4 nitrogen and oxygen atoms in total. The highest BCUT2D eigenvalue weighted by Crippen LogP contribution is 2.23. The van der Waals surface area contributed by atoms with Crippen molar-refractivity contribution in [3.63, 3.8) is 0 Å². The molecule has 2 rings (SSSR count). The third kappa shape index (κ3) is 3.97. The Hall–Kier alpha value is -1.54. The van der Waals surface area contributed by atoms with Gasteiger partial charge in [-0.05, 0) is 17.7 Å². The van der Waals surface area contributed by atoms with Crippen molar-refractivity contribution < 1.29 is 4.52 Å². The summed E-state index contributed by atoms with van der Waals surface area (Å²) in [5.74, 6) is 3.57. The van der Waals surface area contributed by atoms with Crippen LogP contribution in [-0.2, 0) is 13.0 Å². The summed E-state index contributed by atoms with van der Waals surface area (Å²) in [6, 6.07) is 5.41. The highest BCUT2D eigenvalue weighted by atomic mass is 35.5. The highest BCUT2D eigenvalue weighted by molar-refractivity contribution is 6.42. The fourth-order valence-electron chi connectivity index (χ4n) is 1.51. The molecule has 0 saturated heterocycles. The molecule has 0 saturated carbocycles. The van der Waals surface area contributed by atoms with Crippen molar-refractivity contribution in [1.29, 1.82) is 0 Å². The number of rotatable bonds is 5. The minimum Gasteiger partial charge on any atom is -0.338 e. The Labute approximate surface area is 121 Å². The fourth-order valence-corrected chi connectivity index (χ4v) is 1.83. The molecule has 98 valence electrons. The number of halogens is 2. The average molecular weight is 296 g/mol. The fraction of sp³-hybridized carbons (Fsp3) is 0.231. The average Bonchev–Trinajstić information content (AvgIpc) is 2.82. The summed E-state index contributed by atoms with van der Waals surface area (Å²) in [5.41, 5.74) is 0.971. The van der Waals surface area contributed by atoms with E-state index in [0.29, 0.717) is 41.3 Å². The van der Waals surface area contributed by atoms with Gasteiger partial charge in [0.25, 0.3) is 0 Å². The summed E-state index contributed by atoms with van der Waals surface area (Å²) in [6.07, 6.45) is 5.66. The first-order chi connectivity index (χ1) is 9.19. The van der Waals surface area contributed by atoms with Gasteiger partial charge in [0.1, 0.15) is 0 Å². The molecule has 0 radical (unpaired) electrons. The van der Waals surface area contributed by atoms with Crippen molar-refractivity contribution in [3.05, 3.63) is 45.5 Å². The van der Waals surface area contributed by atoms with Gasteiger partial charge in [0.15, 0.2) is 5.82 Å². The van der Waals surface area contributed by atoms with Crippen molar-refractivity contribution >= 4 is 23.2 Å². The van der Waals surface area contributed by atoms with Gasteiger partial charge in [-0.1, -0.05) is 40.3 Å². The monoisotopic (exact) mass is 295 g/mol. The zero-order valence-corrected chi connectivity index (χ0v) is 11.5. The molecule has 0 amide bonds. The smallest absolute Gasteiger partial charge is 0.240 e. The summed E-state index contributed by atoms with van der Waals surface area (Å²) >= 11 is 11.8. The van der Waals surface area contributed by atoms with Gasteiger partial charge in [0, 0.05) is 6.42 Å². The summed E-state index contributed by atoms with van der Waals surface area (Å²) < 4.78 is 5.09. The lowest BCUT2D eigenvalue weighted by molar-refractivity contribution is 0.366. The first kappa shape index (κ1) is 13.9. The van der Waals surface area contributed by atoms with E-state index < -0.39 is 0 Å². The Balaban J connectivity index is 1.99. The Morgan fingerprint density at radius 2 is 2.16 bits per heavy atom. The second-order valence-corrected chi connectivity index (χ2v) is 4.65. The van der Waals surface area contributed by atoms with Crippen molar-refractivity contribution in [1.82, 2.24) is 15.5 Å². The van der Waals surface area contributed by atoms with E-state index in [0.717, 1.165) is 5.56 Å². The number of hydrogen-bond acceptors (Lipinski definition) is 4. The molecule has 6 heteroatoms. The predicted molar refractivity (Wildman–Crippen MR) is 74.1 cm³/mol. The van der Waals surface area contributed by atoms with E-state index >= 15 is 0 Å². The van der Waals surface area contributed by atoms with E-state index in [1.165, 1.54) is 0 Å². The molecule has 1 aromatic heterocycles. The second kappa shape index (κ2) is 6.58. The number of aromatic nitrogens is 2. The molecule has 1 aromatic carbocycles. The van der Waals surface area contributed by atoms with Crippen LogP contribution < -0.4 is 5.32 Å². The van der Waals surface area contributed by atoms with Crippen molar-refractivity contribution in [2.45, 2.75) is 13.0 Å². The van der Waals surface area contributed by atoms with E-state index in [2.05, 4.69) is 21.4 Å². The Morgan fingerprint density at radius 1 is 1.32 bits per heavy atom. The topological polar surface area (TPSA) is 51.0 Å². The SMILES string of the molecule is C#CCNCc1nc(Cc2ccc(Cl)c(Cl)c2)no1. The lowest BCUT2D eigenvalue weighted by atomic mass is 10.1. The molecule has 1 heterocycles. The van der Waals surface area contributed by atoms with Gasteiger partial charge in [-0.15, -0.1) is 6.42 Å². The zero-order valence-electron chi connectivity index (χ0n) is 9.99. The summed E-state index contributed by atoms with van der Waals surface area (Å²) in [5, 5.41) is 7.90. The van der Waals surface area contributed by atoms with E-state index in [9.17, 15) is 0 Å². The van der Waals surface area contributed by atoms with Crippen LogP contribution in [0.2, 0.25) is 10.0 Å². The molecule has 1 N–H and O–H groups in total. The van der Waals surface area contributed by atoms with Crippen LogP contribution in [0.3, 0.4) is 0 Å². The number of nitrogens with one attached hydrogen (secondary N) is 1. The third-order valence-electron chi connectivity index (χ3n) is 2.36. The van der Waals surface area contributed by atoms with Crippen LogP contribution in [0.4, 0.5) is 0 Å². The van der Waals surface area contributed by atoms with Crippen molar-refractivity contribution in [2.24, 2.45) is 0 Å². The van der Waals surface area contributed by atoms with Crippen molar-refractivity contribution in [2.75, 3.05) is 6.54 Å². The van der Waals surface area contributed by atoms with E-state index in [-0.39, 0.29) is 0 Å². The summed E-state index contributed by atoms with van der Waals surface area (Å²) in [6.45, 7) is 0.920. The van der Waals surface area contributed by atoms with E-state index in [4.69, 9.17) is 34.1 Å². The first-order valence-corrected chi connectivity index (χ1v) is 6.34. The number of hydrogen-bond donors (Lipinski definition) is 1. The van der Waals surface area contributed by atoms with Gasteiger partial charge >= 0.3 is 0 Å². The Bertz CT molecular complexity index is 604. The molecule has 2 aromatic rings. The molecule has 0 bridgehead atoms. The number of terminal acetylenes is 1. The molecule has 0 aliphatic heterocycles. The maximum Gasteiger partial charge on any atom is 0.240 e. The predicted octanol–water partition coefficient (Wildman–Crippen LogP) is 2.69. The molecular formula is C13H11Cl2N3O. The van der Waals surface area contributed by atoms with Crippen LogP contribution >= 0.6 is 23.2 Å². The van der Waals surface area contributed by atoms with Gasteiger partial charge in [-0.3, -0.25) is 5.32 Å². The molecule has 0 aliphatic carbocycles. The number of benzene rings is 1.